The van der Waals surface area contributed by atoms with Crippen molar-refractivity contribution < 1.29 is 9.59 Å². The van der Waals surface area contributed by atoms with Gasteiger partial charge in [0.1, 0.15) is 13.7 Å². The highest BCUT2D eigenvalue weighted by atomic mass is 32.1. The van der Waals surface area contributed by atoms with Crippen molar-refractivity contribution in [1.29, 1.82) is 0 Å². The van der Waals surface area contributed by atoms with Gasteiger partial charge in [0.25, 0.3) is 11.8 Å². The Hall–Kier alpha value is -3.91. The number of carbonyl (C=O) groups is 2. The number of hydrogen-bond acceptors (Lipinski definition) is 5. The number of hydrogen-bond donors (Lipinski definition) is 3. The molecule has 2 aromatic heterocycles. The molecule has 2 amide bonds. The summed E-state index contributed by atoms with van der Waals surface area (Å²) in [5.74, 6) is -0.323. The lowest BCUT2D eigenvalue weighted by atomic mass is 9.99. The van der Waals surface area contributed by atoms with Gasteiger partial charge in [0, 0.05) is 29.0 Å². The van der Waals surface area contributed by atoms with Gasteiger partial charge in [-0.1, -0.05) is 41.9 Å². The summed E-state index contributed by atoms with van der Waals surface area (Å²) >= 11 is 4.49. The summed E-state index contributed by atoms with van der Waals surface area (Å²) in [6.07, 6.45) is 4.59. The molecule has 6 nitrogen and oxygen atoms in total. The SMILES string of the molecule is Bc1ccc(NC(=O)c2cnccc2NC(=O)c2ccc(-c3ccccc3S)cc2)nc1. The number of benzene rings is 2. The van der Waals surface area contributed by atoms with E-state index in [0.29, 0.717) is 17.1 Å². The Morgan fingerprint density at radius 2 is 1.62 bits per heavy atom. The summed E-state index contributed by atoms with van der Waals surface area (Å²) in [6.45, 7) is 0. The van der Waals surface area contributed by atoms with E-state index < -0.39 is 5.91 Å². The van der Waals surface area contributed by atoms with Crippen molar-refractivity contribution in [1.82, 2.24) is 9.97 Å². The first-order valence-electron chi connectivity index (χ1n) is 9.89. The average molecular weight is 438 g/mol. The van der Waals surface area contributed by atoms with Crippen molar-refractivity contribution in [3.8, 4) is 11.1 Å². The number of carbonyl (C=O) groups excluding carboxylic acids is 2. The first-order valence-corrected chi connectivity index (χ1v) is 10.3. The Morgan fingerprint density at radius 3 is 2.34 bits per heavy atom. The lowest BCUT2D eigenvalue weighted by Gasteiger charge is -2.11. The molecule has 0 aliphatic heterocycles. The van der Waals surface area contributed by atoms with Gasteiger partial charge in [-0.2, -0.15) is 0 Å². The summed E-state index contributed by atoms with van der Waals surface area (Å²) < 4.78 is 0. The van der Waals surface area contributed by atoms with Gasteiger partial charge < -0.3 is 10.6 Å². The maximum Gasteiger partial charge on any atom is 0.260 e. The van der Waals surface area contributed by atoms with E-state index in [-0.39, 0.29) is 11.5 Å². The zero-order chi connectivity index (χ0) is 22.5. The molecule has 4 aromatic rings. The smallest absolute Gasteiger partial charge is 0.260 e. The van der Waals surface area contributed by atoms with Crippen LogP contribution in [0, 0.1) is 0 Å². The van der Waals surface area contributed by atoms with Crippen molar-refractivity contribution in [2.45, 2.75) is 4.90 Å². The predicted octanol–water partition coefficient (Wildman–Crippen LogP) is 3.20. The van der Waals surface area contributed by atoms with Gasteiger partial charge in [0.15, 0.2) is 0 Å². The molecular weight excluding hydrogens is 419 g/mol. The topological polar surface area (TPSA) is 84.0 Å². The fraction of sp³-hybridized carbons (Fsp3) is 0. The molecule has 156 valence electrons. The third kappa shape index (κ3) is 4.87. The Labute approximate surface area is 192 Å². The summed E-state index contributed by atoms with van der Waals surface area (Å²) in [7, 11) is 1.91. The van der Waals surface area contributed by atoms with Gasteiger partial charge in [-0.15, -0.1) is 12.6 Å². The minimum Gasteiger partial charge on any atom is -0.321 e. The third-order valence-corrected chi connectivity index (χ3v) is 5.22. The van der Waals surface area contributed by atoms with Crippen LogP contribution in [0.1, 0.15) is 20.7 Å². The molecule has 0 fully saturated rings. The van der Waals surface area contributed by atoms with Gasteiger partial charge in [0.2, 0.25) is 0 Å². The van der Waals surface area contributed by atoms with Gasteiger partial charge in [0.05, 0.1) is 11.3 Å². The Kier molecular flexibility index (Phi) is 6.33. The van der Waals surface area contributed by atoms with Crippen LogP contribution in [0.3, 0.4) is 0 Å². The fourth-order valence-corrected chi connectivity index (χ4v) is 3.41. The van der Waals surface area contributed by atoms with Crippen molar-refractivity contribution in [3.63, 3.8) is 0 Å². The normalized spacial score (nSPS) is 10.4. The van der Waals surface area contributed by atoms with E-state index in [9.17, 15) is 9.59 Å². The zero-order valence-corrected chi connectivity index (χ0v) is 18.1. The van der Waals surface area contributed by atoms with E-state index >= 15 is 0 Å². The van der Waals surface area contributed by atoms with Crippen molar-refractivity contribution in [2.75, 3.05) is 10.6 Å². The van der Waals surface area contributed by atoms with Crippen LogP contribution in [0.5, 0.6) is 0 Å². The van der Waals surface area contributed by atoms with Crippen LogP contribution in [0.4, 0.5) is 11.5 Å². The molecule has 0 saturated carbocycles. The first-order chi connectivity index (χ1) is 15.5. The molecule has 0 aliphatic rings. The number of amides is 2. The summed E-state index contributed by atoms with van der Waals surface area (Å²) in [5.41, 5.74) is 4.00. The largest absolute Gasteiger partial charge is 0.321 e. The molecule has 0 bridgehead atoms. The van der Waals surface area contributed by atoms with E-state index in [1.807, 2.05) is 50.3 Å². The standard InChI is InChI=1S/C24H19BN4O2S/c25-17-9-10-22(27-13-17)29-24(31)19-14-26-12-11-20(19)28-23(30)16-7-5-15(6-8-16)18-3-1-2-4-21(18)32/h1-14,32H,25H2,(H,26,28,30)(H,27,29,31). The van der Waals surface area contributed by atoms with Crippen LogP contribution < -0.4 is 16.1 Å². The second-order valence-corrected chi connectivity index (χ2v) is 7.63. The predicted molar refractivity (Wildman–Crippen MR) is 132 cm³/mol. The molecule has 0 radical (unpaired) electrons. The van der Waals surface area contributed by atoms with Crippen LogP contribution in [0.15, 0.2) is 90.2 Å². The summed E-state index contributed by atoms with van der Waals surface area (Å²) in [4.78, 5) is 34.6. The minimum absolute atomic E-state index is 0.240. The van der Waals surface area contributed by atoms with Gasteiger partial charge >= 0.3 is 0 Å². The molecule has 0 atom stereocenters. The average Bonchev–Trinajstić information content (AvgIpc) is 2.81. The number of nitrogens with one attached hydrogen (secondary N) is 2. The van der Waals surface area contributed by atoms with Crippen LogP contribution in [0.2, 0.25) is 0 Å². The zero-order valence-electron chi connectivity index (χ0n) is 17.2. The van der Waals surface area contributed by atoms with Gasteiger partial charge in [-0.25, -0.2) is 4.98 Å². The van der Waals surface area contributed by atoms with Crippen molar-refractivity contribution >= 4 is 49.3 Å². The van der Waals surface area contributed by atoms with E-state index in [4.69, 9.17) is 0 Å². The lowest BCUT2D eigenvalue weighted by Crippen LogP contribution is -2.19. The van der Waals surface area contributed by atoms with Gasteiger partial charge in [-0.05, 0) is 41.5 Å². The number of pyridine rings is 2. The molecular formula is C24H19BN4O2S. The highest BCUT2D eigenvalue weighted by Crippen LogP contribution is 2.26. The molecule has 0 saturated heterocycles. The summed E-state index contributed by atoms with van der Waals surface area (Å²) in [5, 5.41) is 5.52. The molecule has 4 rings (SSSR count). The molecule has 32 heavy (non-hydrogen) atoms. The summed E-state index contributed by atoms with van der Waals surface area (Å²) in [6, 6.07) is 20.1. The third-order valence-electron chi connectivity index (χ3n) is 4.83. The molecule has 2 N–H and O–H groups in total. The second-order valence-electron chi connectivity index (χ2n) is 7.14. The van der Waals surface area contributed by atoms with Crippen LogP contribution in [-0.4, -0.2) is 29.6 Å². The van der Waals surface area contributed by atoms with Crippen molar-refractivity contribution in [3.05, 3.63) is 96.4 Å². The van der Waals surface area contributed by atoms with E-state index in [1.165, 1.54) is 12.4 Å². The minimum atomic E-state index is -0.412. The molecule has 0 spiro atoms. The monoisotopic (exact) mass is 438 g/mol. The Morgan fingerprint density at radius 1 is 0.844 bits per heavy atom. The Balaban J connectivity index is 1.51. The van der Waals surface area contributed by atoms with Gasteiger partial charge in [-0.3, -0.25) is 14.6 Å². The lowest BCUT2D eigenvalue weighted by molar-refractivity contribution is 0.102. The molecule has 8 heteroatoms. The fourth-order valence-electron chi connectivity index (χ4n) is 3.12. The first kappa shape index (κ1) is 21.3. The number of thiol groups is 1. The second kappa shape index (κ2) is 9.49. The number of aromatic nitrogens is 2. The molecule has 0 unspecified atom stereocenters. The molecule has 2 heterocycles. The quantitative estimate of drug-likeness (QED) is 0.330. The van der Waals surface area contributed by atoms with Crippen LogP contribution in [-0.2, 0) is 0 Å². The van der Waals surface area contributed by atoms with Crippen molar-refractivity contribution in [2.24, 2.45) is 0 Å². The van der Waals surface area contributed by atoms with E-state index in [1.54, 1.807) is 30.5 Å². The van der Waals surface area contributed by atoms with Crippen LogP contribution >= 0.6 is 12.6 Å². The highest BCUT2D eigenvalue weighted by Gasteiger charge is 2.15. The Bertz CT molecular complexity index is 1280. The molecule has 0 aliphatic carbocycles. The van der Waals surface area contributed by atoms with Crippen LogP contribution in [0.25, 0.3) is 11.1 Å². The van der Waals surface area contributed by atoms with E-state index in [0.717, 1.165) is 21.5 Å². The molecule has 2 aromatic carbocycles. The number of nitrogens with zero attached hydrogens (tertiary/aromatic N) is 2. The number of rotatable bonds is 5. The highest BCUT2D eigenvalue weighted by molar-refractivity contribution is 7.80. The maximum absolute atomic E-state index is 12.8. The van der Waals surface area contributed by atoms with E-state index in [2.05, 4.69) is 33.2 Å². The number of anilines is 2. The maximum atomic E-state index is 12.8.